The number of hydrogen-bond acceptors (Lipinski definition) is 6. The van der Waals surface area contributed by atoms with Gasteiger partial charge < -0.3 is 4.52 Å². The Morgan fingerprint density at radius 2 is 2.03 bits per heavy atom. The van der Waals surface area contributed by atoms with Crippen molar-refractivity contribution in [3.05, 3.63) is 62.8 Å². The molecular formula is C21H17F3N4O2S. The number of alkyl halides is 3. The highest BCUT2D eigenvalue weighted by Crippen LogP contribution is 2.35. The quantitative estimate of drug-likeness (QED) is 0.456. The summed E-state index contributed by atoms with van der Waals surface area (Å²) >= 11 is 1.58. The summed E-state index contributed by atoms with van der Waals surface area (Å²) in [5.74, 6) is 0.938. The number of rotatable bonds is 3. The van der Waals surface area contributed by atoms with Crippen LogP contribution in [0.4, 0.5) is 13.2 Å². The first-order valence-corrected chi connectivity index (χ1v) is 10.6. The second-order valence-corrected chi connectivity index (χ2v) is 8.88. The van der Waals surface area contributed by atoms with Crippen molar-refractivity contribution in [3.8, 4) is 11.4 Å². The second-order valence-electron chi connectivity index (χ2n) is 7.80. The molecule has 0 N–H and O–H groups in total. The van der Waals surface area contributed by atoms with Crippen LogP contribution in [-0.2, 0) is 25.6 Å². The highest BCUT2D eigenvalue weighted by atomic mass is 32.1. The Labute approximate surface area is 178 Å². The van der Waals surface area contributed by atoms with Gasteiger partial charge in [-0.2, -0.15) is 18.2 Å². The van der Waals surface area contributed by atoms with Crippen molar-refractivity contribution in [2.24, 2.45) is 5.92 Å². The molecule has 0 bridgehead atoms. The molecule has 3 heterocycles. The van der Waals surface area contributed by atoms with Gasteiger partial charge in [0.15, 0.2) is 0 Å². The van der Waals surface area contributed by atoms with Crippen LogP contribution in [0.15, 0.2) is 39.9 Å². The summed E-state index contributed by atoms with van der Waals surface area (Å²) in [5.41, 5.74) is 0.594. The van der Waals surface area contributed by atoms with Crippen molar-refractivity contribution in [2.45, 2.75) is 38.9 Å². The third-order valence-electron chi connectivity index (χ3n) is 5.53. The largest absolute Gasteiger partial charge is 0.416 e. The Hall–Kier alpha value is -3.01. The number of benzene rings is 1. The first-order valence-electron chi connectivity index (χ1n) is 9.79. The molecule has 4 aromatic rings. The van der Waals surface area contributed by atoms with Gasteiger partial charge in [-0.15, -0.1) is 11.3 Å². The third kappa shape index (κ3) is 3.65. The van der Waals surface area contributed by atoms with Crippen LogP contribution in [0.25, 0.3) is 21.6 Å². The van der Waals surface area contributed by atoms with E-state index in [1.165, 1.54) is 27.9 Å². The highest BCUT2D eigenvalue weighted by Gasteiger charge is 2.30. The van der Waals surface area contributed by atoms with Crippen LogP contribution in [0, 0.1) is 5.92 Å². The molecular weight excluding hydrogens is 429 g/mol. The Bertz CT molecular complexity index is 1320. The zero-order chi connectivity index (χ0) is 21.8. The number of aromatic nitrogens is 4. The van der Waals surface area contributed by atoms with Crippen molar-refractivity contribution >= 4 is 21.6 Å². The van der Waals surface area contributed by atoms with Gasteiger partial charge >= 0.3 is 6.18 Å². The van der Waals surface area contributed by atoms with Crippen LogP contribution in [0.2, 0.25) is 0 Å². The molecule has 0 aliphatic heterocycles. The van der Waals surface area contributed by atoms with E-state index >= 15 is 0 Å². The van der Waals surface area contributed by atoms with Crippen LogP contribution < -0.4 is 5.56 Å². The highest BCUT2D eigenvalue weighted by molar-refractivity contribution is 7.18. The molecule has 0 spiro atoms. The third-order valence-corrected chi connectivity index (χ3v) is 6.69. The summed E-state index contributed by atoms with van der Waals surface area (Å²) < 4.78 is 44.8. The van der Waals surface area contributed by atoms with E-state index in [9.17, 15) is 18.0 Å². The van der Waals surface area contributed by atoms with Crippen LogP contribution in [-0.4, -0.2) is 19.7 Å². The molecule has 0 amide bonds. The summed E-state index contributed by atoms with van der Waals surface area (Å²) in [5, 5.41) is 4.50. The fraction of sp³-hybridized carbons (Fsp3) is 0.333. The standard InChI is InChI=1S/C21H17F3N4O2S/c1-11-2-7-14-15(8-11)31-19-17(14)20(29)28(10-25-19)9-16-26-18(27-30-16)12-3-5-13(6-4-12)21(22,23)24/h3-6,10-11H,2,7-9H2,1H3. The minimum Gasteiger partial charge on any atom is -0.337 e. The molecule has 0 saturated carbocycles. The number of hydrogen-bond donors (Lipinski definition) is 0. The Kier molecular flexibility index (Phi) is 4.69. The van der Waals surface area contributed by atoms with Gasteiger partial charge in [0, 0.05) is 10.4 Å². The summed E-state index contributed by atoms with van der Waals surface area (Å²) in [6.45, 7) is 2.25. The van der Waals surface area contributed by atoms with Crippen molar-refractivity contribution in [1.29, 1.82) is 0 Å². The summed E-state index contributed by atoms with van der Waals surface area (Å²) in [4.78, 5) is 23.8. The number of aryl methyl sites for hydroxylation is 1. The zero-order valence-electron chi connectivity index (χ0n) is 16.4. The van der Waals surface area contributed by atoms with E-state index in [-0.39, 0.29) is 23.8 Å². The van der Waals surface area contributed by atoms with Crippen molar-refractivity contribution in [1.82, 2.24) is 19.7 Å². The Morgan fingerprint density at radius 3 is 2.77 bits per heavy atom. The van der Waals surface area contributed by atoms with E-state index in [0.29, 0.717) is 16.9 Å². The van der Waals surface area contributed by atoms with Crippen LogP contribution in [0.1, 0.15) is 35.2 Å². The molecule has 0 radical (unpaired) electrons. The van der Waals surface area contributed by atoms with Crippen molar-refractivity contribution in [2.75, 3.05) is 0 Å². The lowest BCUT2D eigenvalue weighted by Crippen LogP contribution is -2.22. The fourth-order valence-electron chi connectivity index (χ4n) is 3.87. The van der Waals surface area contributed by atoms with Crippen molar-refractivity contribution < 1.29 is 17.7 Å². The average molecular weight is 446 g/mol. The van der Waals surface area contributed by atoms with Gasteiger partial charge in [-0.25, -0.2) is 4.98 Å². The summed E-state index contributed by atoms with van der Waals surface area (Å²) in [7, 11) is 0. The predicted octanol–water partition coefficient (Wildman–Crippen LogP) is 4.70. The van der Waals surface area contributed by atoms with E-state index in [1.54, 1.807) is 11.3 Å². The Balaban J connectivity index is 1.43. The molecule has 0 saturated heterocycles. The average Bonchev–Trinajstić information content (AvgIpc) is 3.34. The molecule has 10 heteroatoms. The predicted molar refractivity (Wildman–Crippen MR) is 109 cm³/mol. The Morgan fingerprint density at radius 1 is 1.26 bits per heavy atom. The van der Waals surface area contributed by atoms with Gasteiger partial charge in [0.2, 0.25) is 11.7 Å². The summed E-state index contributed by atoms with van der Waals surface area (Å²) in [6.07, 6.45) is -0.0516. The van der Waals surface area contributed by atoms with E-state index in [0.717, 1.165) is 41.8 Å². The maximum Gasteiger partial charge on any atom is 0.416 e. The molecule has 1 aliphatic rings. The maximum absolute atomic E-state index is 13.1. The number of thiophene rings is 1. The first-order chi connectivity index (χ1) is 14.8. The fourth-order valence-corrected chi connectivity index (χ4v) is 5.21. The molecule has 31 heavy (non-hydrogen) atoms. The molecule has 160 valence electrons. The van der Waals surface area contributed by atoms with E-state index < -0.39 is 11.7 Å². The van der Waals surface area contributed by atoms with E-state index in [1.807, 2.05) is 0 Å². The van der Waals surface area contributed by atoms with Gasteiger partial charge in [-0.05, 0) is 42.9 Å². The molecule has 6 nitrogen and oxygen atoms in total. The van der Waals surface area contributed by atoms with Gasteiger partial charge in [0.1, 0.15) is 11.4 Å². The second kappa shape index (κ2) is 7.30. The molecule has 1 unspecified atom stereocenters. The number of nitrogens with zero attached hydrogens (tertiary/aromatic N) is 4. The SMILES string of the molecule is CC1CCc2c(sc3ncn(Cc4nc(-c5ccc(C(F)(F)F)cc5)no4)c(=O)c23)C1. The van der Waals surface area contributed by atoms with Crippen LogP contribution in [0.5, 0.6) is 0 Å². The van der Waals surface area contributed by atoms with Crippen LogP contribution in [0.3, 0.4) is 0 Å². The van der Waals surface area contributed by atoms with Gasteiger partial charge in [0.05, 0.1) is 17.3 Å². The number of fused-ring (bicyclic) bond motifs is 3. The van der Waals surface area contributed by atoms with Crippen LogP contribution >= 0.6 is 11.3 Å². The minimum absolute atomic E-state index is 0.0381. The normalized spacial score (nSPS) is 16.6. The molecule has 5 rings (SSSR count). The maximum atomic E-state index is 13.1. The molecule has 1 atom stereocenters. The van der Waals surface area contributed by atoms with Crippen molar-refractivity contribution in [3.63, 3.8) is 0 Å². The lowest BCUT2D eigenvalue weighted by atomic mass is 9.89. The van der Waals surface area contributed by atoms with E-state index in [2.05, 4.69) is 22.0 Å². The molecule has 0 fully saturated rings. The van der Waals surface area contributed by atoms with E-state index in [4.69, 9.17) is 4.52 Å². The smallest absolute Gasteiger partial charge is 0.337 e. The first kappa shape index (κ1) is 19.9. The van der Waals surface area contributed by atoms with Gasteiger partial charge in [0.25, 0.3) is 5.56 Å². The molecule has 1 aromatic carbocycles. The molecule has 3 aromatic heterocycles. The zero-order valence-corrected chi connectivity index (χ0v) is 17.3. The minimum atomic E-state index is -4.41. The summed E-state index contributed by atoms with van der Waals surface area (Å²) in [6, 6.07) is 4.51. The molecule has 1 aliphatic carbocycles. The lowest BCUT2D eigenvalue weighted by molar-refractivity contribution is -0.137. The van der Waals surface area contributed by atoms with Gasteiger partial charge in [-0.3, -0.25) is 9.36 Å². The topological polar surface area (TPSA) is 73.8 Å². The lowest BCUT2D eigenvalue weighted by Gasteiger charge is -2.17. The monoisotopic (exact) mass is 446 g/mol. The number of halogens is 3. The van der Waals surface area contributed by atoms with Gasteiger partial charge in [-0.1, -0.05) is 24.2 Å².